The molecule has 0 saturated heterocycles. The van der Waals surface area contributed by atoms with Crippen molar-refractivity contribution in [3.8, 4) is 5.75 Å². The van der Waals surface area contributed by atoms with Crippen LogP contribution in [0.3, 0.4) is 0 Å². The summed E-state index contributed by atoms with van der Waals surface area (Å²) in [6.07, 6.45) is 3.90. The summed E-state index contributed by atoms with van der Waals surface area (Å²) in [7, 11) is -3.71. The fraction of sp³-hybridized carbons (Fsp3) is 0.297. The lowest BCUT2D eigenvalue weighted by Gasteiger charge is -2.10. The van der Waals surface area contributed by atoms with Gasteiger partial charge in [0, 0.05) is 40.1 Å². The standard InChI is InChI=1S/C37H38Cl2N2O5S/c1-25-20-29(21-26(2)36(25)39)46-18-9-12-31-30-16-15-28(38)22-32(30)40-37(31)35(43)24-47(44,45)19-7-6-14-34(42)33-13-8-17-41(33)23-27-10-4-3-5-11-27/h3-5,8,10-11,13,15-17,20-22,40H,6-7,9,12,14,18-19,23-24H2,1-2H3. The van der Waals surface area contributed by atoms with Crippen molar-refractivity contribution < 1.29 is 22.7 Å². The first-order valence-electron chi connectivity index (χ1n) is 15.7. The van der Waals surface area contributed by atoms with Crippen molar-refractivity contribution in [2.24, 2.45) is 0 Å². The Kier molecular flexibility index (Phi) is 11.3. The molecular formula is C37H38Cl2N2O5S. The molecule has 0 aliphatic heterocycles. The highest BCUT2D eigenvalue weighted by Crippen LogP contribution is 2.29. The van der Waals surface area contributed by atoms with Crippen LogP contribution in [0.5, 0.6) is 5.75 Å². The summed E-state index contributed by atoms with van der Waals surface area (Å²) in [5.74, 6) is -0.598. The highest BCUT2D eigenvalue weighted by molar-refractivity contribution is 7.92. The Morgan fingerprint density at radius 2 is 1.62 bits per heavy atom. The third kappa shape index (κ3) is 8.95. The number of hydrogen-bond acceptors (Lipinski definition) is 5. The molecule has 0 bridgehead atoms. The van der Waals surface area contributed by atoms with E-state index in [1.165, 1.54) is 0 Å². The second kappa shape index (κ2) is 15.4. The summed E-state index contributed by atoms with van der Waals surface area (Å²) in [6.45, 7) is 4.85. The highest BCUT2D eigenvalue weighted by Gasteiger charge is 2.24. The average Bonchev–Trinajstić information content (AvgIpc) is 3.64. The second-order valence-electron chi connectivity index (χ2n) is 11.9. The van der Waals surface area contributed by atoms with Crippen LogP contribution in [-0.4, -0.2) is 47.6 Å². The summed E-state index contributed by atoms with van der Waals surface area (Å²) in [6, 6.07) is 22.6. The van der Waals surface area contributed by atoms with E-state index < -0.39 is 21.4 Å². The van der Waals surface area contributed by atoms with Crippen LogP contribution in [0.1, 0.15) is 68.9 Å². The smallest absolute Gasteiger partial charge is 0.194 e. The third-order valence-corrected chi connectivity index (χ3v) is 10.6. The van der Waals surface area contributed by atoms with Gasteiger partial charge in [-0.3, -0.25) is 9.59 Å². The van der Waals surface area contributed by atoms with Crippen molar-refractivity contribution in [3.05, 3.63) is 123 Å². The van der Waals surface area contributed by atoms with E-state index in [0.717, 1.165) is 33.4 Å². The Morgan fingerprint density at radius 3 is 2.36 bits per heavy atom. The molecule has 3 aromatic carbocycles. The van der Waals surface area contributed by atoms with Crippen LogP contribution in [0.2, 0.25) is 10.0 Å². The molecule has 0 atom stereocenters. The van der Waals surface area contributed by atoms with Gasteiger partial charge in [-0.05, 0) is 98.2 Å². The van der Waals surface area contributed by atoms with E-state index in [0.29, 0.717) is 53.7 Å². The number of carbonyl (C=O) groups is 2. The zero-order valence-corrected chi connectivity index (χ0v) is 28.9. The van der Waals surface area contributed by atoms with Crippen LogP contribution < -0.4 is 4.74 Å². The van der Waals surface area contributed by atoms with Crippen LogP contribution in [0.15, 0.2) is 79.0 Å². The van der Waals surface area contributed by atoms with Gasteiger partial charge in [-0.1, -0.05) is 59.6 Å². The number of ether oxygens (including phenoxy) is 1. The molecule has 2 heterocycles. The minimum absolute atomic E-state index is 0.0360. The molecule has 0 fully saturated rings. The molecule has 10 heteroatoms. The number of aromatic amines is 1. The minimum Gasteiger partial charge on any atom is -0.494 e. The molecule has 0 saturated carbocycles. The summed E-state index contributed by atoms with van der Waals surface area (Å²) >= 11 is 12.5. The molecule has 0 spiro atoms. The lowest BCUT2D eigenvalue weighted by molar-refractivity contribution is 0.0969. The van der Waals surface area contributed by atoms with Gasteiger partial charge in [0.1, 0.15) is 11.5 Å². The second-order valence-corrected chi connectivity index (χ2v) is 14.9. The first-order valence-corrected chi connectivity index (χ1v) is 18.2. The molecular weight excluding hydrogens is 655 g/mol. The molecule has 2 aromatic heterocycles. The number of fused-ring (bicyclic) bond motifs is 1. The number of benzene rings is 3. The van der Waals surface area contributed by atoms with Gasteiger partial charge >= 0.3 is 0 Å². The van der Waals surface area contributed by atoms with Crippen molar-refractivity contribution in [2.45, 2.75) is 52.5 Å². The summed E-state index contributed by atoms with van der Waals surface area (Å²) in [5.41, 5.74) is 5.25. The first kappa shape index (κ1) is 34.5. The highest BCUT2D eigenvalue weighted by atomic mass is 35.5. The Bertz CT molecular complexity index is 1970. The number of rotatable bonds is 16. The van der Waals surface area contributed by atoms with Crippen molar-refractivity contribution in [1.82, 2.24) is 9.55 Å². The van der Waals surface area contributed by atoms with Crippen molar-refractivity contribution in [3.63, 3.8) is 0 Å². The van der Waals surface area contributed by atoms with Crippen LogP contribution >= 0.6 is 23.2 Å². The van der Waals surface area contributed by atoms with E-state index in [9.17, 15) is 18.0 Å². The summed E-state index contributed by atoms with van der Waals surface area (Å²) in [4.78, 5) is 29.5. The SMILES string of the molecule is Cc1cc(OCCCc2c(C(=O)CS(=O)(=O)CCCCC(=O)c3cccn3Cc3ccccc3)[nH]c3cc(Cl)ccc23)cc(C)c1Cl. The number of nitrogens with one attached hydrogen (secondary N) is 1. The van der Waals surface area contributed by atoms with Gasteiger partial charge in [0.05, 0.1) is 23.7 Å². The van der Waals surface area contributed by atoms with Crippen LogP contribution in [-0.2, 0) is 22.8 Å². The van der Waals surface area contributed by atoms with Crippen molar-refractivity contribution >= 4 is 55.5 Å². The Morgan fingerprint density at radius 1 is 0.872 bits per heavy atom. The van der Waals surface area contributed by atoms with Gasteiger partial charge < -0.3 is 14.3 Å². The molecule has 0 radical (unpaired) electrons. The average molecular weight is 694 g/mol. The monoisotopic (exact) mass is 692 g/mol. The molecule has 0 amide bonds. The molecule has 0 aliphatic rings. The minimum atomic E-state index is -3.71. The predicted octanol–water partition coefficient (Wildman–Crippen LogP) is 8.60. The van der Waals surface area contributed by atoms with Crippen molar-refractivity contribution in [2.75, 3.05) is 18.1 Å². The molecule has 0 unspecified atom stereocenters. The van der Waals surface area contributed by atoms with E-state index >= 15 is 0 Å². The number of carbonyl (C=O) groups excluding carboxylic acids is 2. The Labute approximate surface area is 285 Å². The number of sulfone groups is 1. The molecule has 246 valence electrons. The molecule has 5 aromatic rings. The normalized spacial score (nSPS) is 11.7. The number of nitrogens with zero attached hydrogens (tertiary/aromatic N) is 1. The van der Waals surface area contributed by atoms with E-state index in [1.54, 1.807) is 18.2 Å². The van der Waals surface area contributed by atoms with E-state index in [2.05, 4.69) is 4.98 Å². The fourth-order valence-corrected chi connectivity index (χ4v) is 7.43. The number of aromatic nitrogens is 2. The lowest BCUT2D eigenvalue weighted by atomic mass is 10.0. The number of aryl methyl sites for hydroxylation is 3. The Balaban J connectivity index is 1.17. The van der Waals surface area contributed by atoms with Crippen LogP contribution in [0, 0.1) is 13.8 Å². The number of hydrogen-bond donors (Lipinski definition) is 1. The zero-order valence-electron chi connectivity index (χ0n) is 26.5. The van der Waals surface area contributed by atoms with Gasteiger partial charge in [-0.15, -0.1) is 0 Å². The summed E-state index contributed by atoms with van der Waals surface area (Å²) in [5, 5.41) is 2.05. The first-order chi connectivity index (χ1) is 22.5. The number of halogens is 2. The number of Topliss-reactive ketones (excluding diaryl/α,β-unsaturated/α-hetero) is 2. The van der Waals surface area contributed by atoms with Crippen LogP contribution in [0.25, 0.3) is 10.9 Å². The maximum atomic E-state index is 13.4. The predicted molar refractivity (Wildman–Crippen MR) is 189 cm³/mol. The Hall–Kier alpha value is -3.85. The molecule has 0 aliphatic carbocycles. The number of H-pyrrole nitrogens is 1. The molecule has 5 rings (SSSR count). The largest absolute Gasteiger partial charge is 0.494 e. The van der Waals surface area contributed by atoms with E-state index in [-0.39, 0.29) is 30.1 Å². The van der Waals surface area contributed by atoms with E-state index in [4.69, 9.17) is 27.9 Å². The molecule has 7 nitrogen and oxygen atoms in total. The lowest BCUT2D eigenvalue weighted by Crippen LogP contribution is -2.20. The third-order valence-electron chi connectivity index (χ3n) is 8.17. The maximum Gasteiger partial charge on any atom is 0.194 e. The van der Waals surface area contributed by atoms with Crippen LogP contribution in [0.4, 0.5) is 0 Å². The molecule has 1 N–H and O–H groups in total. The van der Waals surface area contributed by atoms with Gasteiger partial charge in [0.15, 0.2) is 21.4 Å². The van der Waals surface area contributed by atoms with Gasteiger partial charge in [-0.25, -0.2) is 8.42 Å². The zero-order chi connectivity index (χ0) is 33.6. The van der Waals surface area contributed by atoms with E-state index in [1.807, 2.05) is 79.2 Å². The molecule has 47 heavy (non-hydrogen) atoms. The van der Waals surface area contributed by atoms with Crippen molar-refractivity contribution in [1.29, 1.82) is 0 Å². The number of ketones is 2. The van der Waals surface area contributed by atoms with Gasteiger partial charge in [-0.2, -0.15) is 0 Å². The topological polar surface area (TPSA) is 98.2 Å². The van der Waals surface area contributed by atoms with Gasteiger partial charge in [0.25, 0.3) is 0 Å². The van der Waals surface area contributed by atoms with Gasteiger partial charge in [0.2, 0.25) is 0 Å². The fourth-order valence-electron chi connectivity index (χ4n) is 5.82. The quantitative estimate of drug-likeness (QED) is 0.0825. The summed E-state index contributed by atoms with van der Waals surface area (Å²) < 4.78 is 34.0. The number of unbranched alkanes of at least 4 members (excludes halogenated alkanes) is 1. The maximum absolute atomic E-state index is 13.4.